The minimum Gasteiger partial charge on any atom is -0.254 e. The topological polar surface area (TPSA) is 77.3 Å². The molecule has 0 aliphatic carbocycles. The van der Waals surface area contributed by atoms with Gasteiger partial charge in [0.05, 0.1) is 21.4 Å². The summed E-state index contributed by atoms with van der Waals surface area (Å²) in [4.78, 5) is 29.4. The summed E-state index contributed by atoms with van der Waals surface area (Å²) in [7, 11) is 0. The van der Waals surface area contributed by atoms with Crippen molar-refractivity contribution in [3.8, 4) is 56.7 Å². The fourth-order valence-electron chi connectivity index (χ4n) is 6.70. The highest BCUT2D eigenvalue weighted by Crippen LogP contribution is 2.41. The number of hydrogen-bond acceptors (Lipinski definition) is 7. The standard InChI is InChI=1S/C44H26N6S/c1-3-9-29(10-4-1)42-48-43(30-11-5-2-6-12-30)50-44(49-42)33-14-7-13-31(25-33)32-19-21-37-35(26-32)34-22-24-46-40(41(34)51-37)36-20-18-28-17-16-27-15-8-23-45-38(27)39(28)47-36/h1-26H. The van der Waals surface area contributed by atoms with Crippen molar-refractivity contribution < 1.29 is 0 Å². The van der Waals surface area contributed by atoms with Gasteiger partial charge >= 0.3 is 0 Å². The van der Waals surface area contributed by atoms with Crippen LogP contribution in [0.15, 0.2) is 158 Å². The Morgan fingerprint density at radius 2 is 1.04 bits per heavy atom. The van der Waals surface area contributed by atoms with Crippen LogP contribution >= 0.6 is 11.3 Å². The monoisotopic (exact) mass is 670 g/mol. The predicted molar refractivity (Wildman–Crippen MR) is 208 cm³/mol. The fourth-order valence-corrected chi connectivity index (χ4v) is 7.87. The second-order valence-electron chi connectivity index (χ2n) is 12.4. The molecule has 5 aromatic heterocycles. The second-order valence-corrected chi connectivity index (χ2v) is 13.4. The molecule has 0 saturated heterocycles. The maximum absolute atomic E-state index is 5.11. The van der Waals surface area contributed by atoms with E-state index >= 15 is 0 Å². The molecule has 0 saturated carbocycles. The average molecular weight is 671 g/mol. The molecule has 10 aromatic rings. The quantitative estimate of drug-likeness (QED) is 0.170. The number of rotatable bonds is 5. The van der Waals surface area contributed by atoms with Gasteiger partial charge in [0, 0.05) is 55.3 Å². The van der Waals surface area contributed by atoms with Crippen molar-refractivity contribution in [2.75, 3.05) is 0 Å². The van der Waals surface area contributed by atoms with Crippen LogP contribution in [0.25, 0.3) is 98.7 Å². The van der Waals surface area contributed by atoms with Gasteiger partial charge in [-0.25, -0.2) is 19.9 Å². The van der Waals surface area contributed by atoms with Crippen LogP contribution < -0.4 is 0 Å². The van der Waals surface area contributed by atoms with Crippen molar-refractivity contribution in [2.24, 2.45) is 0 Å². The largest absolute Gasteiger partial charge is 0.254 e. The van der Waals surface area contributed by atoms with Crippen molar-refractivity contribution in [3.05, 3.63) is 158 Å². The molecular formula is C44H26N6S. The first-order valence-corrected chi connectivity index (χ1v) is 17.5. The molecule has 6 nitrogen and oxygen atoms in total. The van der Waals surface area contributed by atoms with Gasteiger partial charge in [-0.3, -0.25) is 9.97 Å². The van der Waals surface area contributed by atoms with E-state index in [1.165, 1.54) is 10.1 Å². The molecule has 51 heavy (non-hydrogen) atoms. The van der Waals surface area contributed by atoms with Crippen LogP contribution in [0.1, 0.15) is 0 Å². The number of benzene rings is 5. The van der Waals surface area contributed by atoms with E-state index in [-0.39, 0.29) is 0 Å². The summed E-state index contributed by atoms with van der Waals surface area (Å²) in [5.74, 6) is 1.92. The summed E-state index contributed by atoms with van der Waals surface area (Å²) in [6.45, 7) is 0. The van der Waals surface area contributed by atoms with Crippen LogP contribution in [0.2, 0.25) is 0 Å². The van der Waals surface area contributed by atoms with Gasteiger partial charge in [-0.2, -0.15) is 0 Å². The highest BCUT2D eigenvalue weighted by molar-refractivity contribution is 7.26. The van der Waals surface area contributed by atoms with Gasteiger partial charge < -0.3 is 0 Å². The lowest BCUT2D eigenvalue weighted by atomic mass is 10.0. The first-order chi connectivity index (χ1) is 25.2. The third-order valence-corrected chi connectivity index (χ3v) is 10.4. The van der Waals surface area contributed by atoms with E-state index < -0.39 is 0 Å². The van der Waals surface area contributed by atoms with Crippen molar-refractivity contribution in [1.29, 1.82) is 0 Å². The number of hydrogen-bond donors (Lipinski definition) is 0. The van der Waals surface area contributed by atoms with Crippen molar-refractivity contribution >= 4 is 53.3 Å². The summed E-state index contributed by atoms with van der Waals surface area (Å²) < 4.78 is 2.31. The van der Waals surface area contributed by atoms with Gasteiger partial charge in [0.1, 0.15) is 5.69 Å². The maximum Gasteiger partial charge on any atom is 0.164 e. The Hall–Kier alpha value is -6.70. The smallest absolute Gasteiger partial charge is 0.164 e. The molecule has 7 heteroatoms. The summed E-state index contributed by atoms with van der Waals surface area (Å²) in [6, 6.07) is 49.7. The normalized spacial score (nSPS) is 11.5. The molecule has 10 rings (SSSR count). The van der Waals surface area contributed by atoms with Crippen LogP contribution in [0.3, 0.4) is 0 Å². The van der Waals surface area contributed by atoms with Gasteiger partial charge in [0.2, 0.25) is 0 Å². The Labute approximate surface area is 296 Å². The Balaban J connectivity index is 1.07. The molecule has 0 aliphatic heterocycles. The van der Waals surface area contributed by atoms with E-state index in [0.717, 1.165) is 71.1 Å². The SMILES string of the molecule is c1ccc(-c2nc(-c3ccccc3)nc(-c3cccc(-c4ccc5sc6c(-c7ccc8ccc9cccnc9c8n7)nccc6c5c4)c3)n2)cc1. The third kappa shape index (κ3) is 5.19. The molecule has 0 amide bonds. The van der Waals surface area contributed by atoms with Gasteiger partial charge in [-0.1, -0.05) is 109 Å². The maximum atomic E-state index is 5.11. The van der Waals surface area contributed by atoms with E-state index in [1.807, 2.05) is 79.1 Å². The average Bonchev–Trinajstić information content (AvgIpc) is 3.59. The first-order valence-electron chi connectivity index (χ1n) is 16.7. The number of fused-ring (bicyclic) bond motifs is 6. The van der Waals surface area contributed by atoms with E-state index in [2.05, 4.69) is 83.8 Å². The van der Waals surface area contributed by atoms with E-state index in [1.54, 1.807) is 11.3 Å². The summed E-state index contributed by atoms with van der Waals surface area (Å²) in [5.41, 5.74) is 8.53. The Morgan fingerprint density at radius 3 is 1.80 bits per heavy atom. The Kier molecular flexibility index (Phi) is 6.89. The van der Waals surface area contributed by atoms with Crippen LogP contribution in [0.5, 0.6) is 0 Å². The van der Waals surface area contributed by atoms with Crippen molar-refractivity contribution in [3.63, 3.8) is 0 Å². The number of thiophene rings is 1. The van der Waals surface area contributed by atoms with Crippen LogP contribution in [0.4, 0.5) is 0 Å². The number of nitrogens with zero attached hydrogens (tertiary/aromatic N) is 6. The third-order valence-electron chi connectivity index (χ3n) is 9.21. The summed E-state index contributed by atoms with van der Waals surface area (Å²) >= 11 is 1.75. The number of aromatic nitrogens is 6. The number of pyridine rings is 3. The first kappa shape index (κ1) is 29.2. The molecule has 0 spiro atoms. The minimum atomic E-state index is 0.633. The van der Waals surface area contributed by atoms with Crippen molar-refractivity contribution in [1.82, 2.24) is 29.9 Å². The summed E-state index contributed by atoms with van der Waals surface area (Å²) in [5, 5.41) is 4.48. The van der Waals surface area contributed by atoms with Gasteiger partial charge in [0.25, 0.3) is 0 Å². The summed E-state index contributed by atoms with van der Waals surface area (Å²) in [6.07, 6.45) is 3.71. The van der Waals surface area contributed by atoms with Crippen LogP contribution in [-0.2, 0) is 0 Å². The lowest BCUT2D eigenvalue weighted by Gasteiger charge is -2.10. The Bertz CT molecular complexity index is 2870. The zero-order valence-corrected chi connectivity index (χ0v) is 27.9. The van der Waals surface area contributed by atoms with E-state index in [0.29, 0.717) is 17.5 Å². The van der Waals surface area contributed by atoms with E-state index in [9.17, 15) is 0 Å². The second kappa shape index (κ2) is 12.0. The van der Waals surface area contributed by atoms with Crippen LogP contribution in [0, 0.1) is 0 Å². The molecule has 0 radical (unpaired) electrons. The lowest BCUT2D eigenvalue weighted by Crippen LogP contribution is -2.00. The highest BCUT2D eigenvalue weighted by Gasteiger charge is 2.16. The molecule has 5 aromatic carbocycles. The molecule has 0 atom stereocenters. The van der Waals surface area contributed by atoms with Gasteiger partial charge in [0.15, 0.2) is 17.5 Å². The molecule has 0 bridgehead atoms. The molecular weight excluding hydrogens is 645 g/mol. The zero-order chi connectivity index (χ0) is 33.7. The highest BCUT2D eigenvalue weighted by atomic mass is 32.1. The Morgan fingerprint density at radius 1 is 0.392 bits per heavy atom. The van der Waals surface area contributed by atoms with Crippen LogP contribution in [-0.4, -0.2) is 29.9 Å². The fraction of sp³-hybridized carbons (Fsp3) is 0. The minimum absolute atomic E-state index is 0.633. The van der Waals surface area contributed by atoms with Gasteiger partial charge in [-0.05, 0) is 47.5 Å². The predicted octanol–water partition coefficient (Wildman–Crippen LogP) is 11.1. The molecule has 5 heterocycles. The molecule has 0 unspecified atom stereocenters. The van der Waals surface area contributed by atoms with Gasteiger partial charge in [-0.15, -0.1) is 11.3 Å². The lowest BCUT2D eigenvalue weighted by molar-refractivity contribution is 1.07. The zero-order valence-electron chi connectivity index (χ0n) is 27.1. The van der Waals surface area contributed by atoms with Crippen molar-refractivity contribution in [2.45, 2.75) is 0 Å². The molecule has 0 N–H and O–H groups in total. The molecule has 0 aliphatic rings. The molecule has 238 valence electrons. The molecule has 0 fully saturated rings. The van der Waals surface area contributed by atoms with E-state index in [4.69, 9.17) is 24.9 Å².